The van der Waals surface area contributed by atoms with Crippen molar-refractivity contribution in [2.45, 2.75) is 33.7 Å². The van der Waals surface area contributed by atoms with Crippen molar-refractivity contribution in [2.75, 3.05) is 6.54 Å². The van der Waals surface area contributed by atoms with Crippen LogP contribution in [-0.2, 0) is 4.79 Å². The molecule has 0 aliphatic rings. The topological polar surface area (TPSA) is 55.1 Å². The molecule has 0 fully saturated rings. The fourth-order valence-electron chi connectivity index (χ4n) is 0.723. The van der Waals surface area contributed by atoms with Gasteiger partial charge in [-0.2, -0.15) is 0 Å². The van der Waals surface area contributed by atoms with Crippen LogP contribution in [0.15, 0.2) is 0 Å². The molecule has 0 aliphatic heterocycles. The van der Waals surface area contributed by atoms with Gasteiger partial charge in [0.1, 0.15) is 0 Å². The first kappa shape index (κ1) is 12.0. The van der Waals surface area contributed by atoms with E-state index in [-0.39, 0.29) is 11.3 Å². The number of rotatable bonds is 2. The minimum Gasteiger partial charge on any atom is -0.344 e. The maximum atomic E-state index is 11.4. The number of amides is 1. The van der Waals surface area contributed by atoms with Crippen LogP contribution >= 0.6 is 0 Å². The summed E-state index contributed by atoms with van der Waals surface area (Å²) in [7, 11) is 0. The van der Waals surface area contributed by atoms with Gasteiger partial charge in [-0.3, -0.25) is 4.79 Å². The van der Waals surface area contributed by atoms with Gasteiger partial charge in [-0.1, -0.05) is 26.7 Å². The van der Waals surface area contributed by atoms with Gasteiger partial charge in [-0.05, 0) is 12.3 Å². The summed E-state index contributed by atoms with van der Waals surface area (Å²) in [6, 6.07) is -0.480. The molecule has 0 bridgehead atoms. The SMILES string of the molecule is CC#CCNC(=O)C(N)C(C)(C)C. The van der Waals surface area contributed by atoms with Gasteiger partial charge in [0.25, 0.3) is 0 Å². The van der Waals surface area contributed by atoms with Crippen molar-refractivity contribution in [3.05, 3.63) is 0 Å². The van der Waals surface area contributed by atoms with Crippen LogP contribution in [0.4, 0.5) is 0 Å². The van der Waals surface area contributed by atoms with E-state index in [0.29, 0.717) is 6.54 Å². The Bertz CT molecular complexity index is 230. The van der Waals surface area contributed by atoms with Crippen molar-refractivity contribution in [1.29, 1.82) is 0 Å². The van der Waals surface area contributed by atoms with Crippen molar-refractivity contribution in [3.63, 3.8) is 0 Å². The number of hydrogen-bond donors (Lipinski definition) is 2. The molecule has 13 heavy (non-hydrogen) atoms. The Morgan fingerprint density at radius 1 is 1.54 bits per heavy atom. The third-order valence-electron chi connectivity index (χ3n) is 1.74. The van der Waals surface area contributed by atoms with Crippen LogP contribution in [0.2, 0.25) is 0 Å². The predicted molar refractivity (Wildman–Crippen MR) is 53.9 cm³/mol. The second-order valence-electron chi connectivity index (χ2n) is 3.99. The van der Waals surface area contributed by atoms with E-state index in [9.17, 15) is 4.79 Å². The fraction of sp³-hybridized carbons (Fsp3) is 0.700. The van der Waals surface area contributed by atoms with Gasteiger partial charge in [0.2, 0.25) is 5.91 Å². The van der Waals surface area contributed by atoms with Crippen molar-refractivity contribution < 1.29 is 4.79 Å². The van der Waals surface area contributed by atoms with Crippen LogP contribution in [0.3, 0.4) is 0 Å². The zero-order valence-electron chi connectivity index (χ0n) is 8.77. The first-order valence-electron chi connectivity index (χ1n) is 4.32. The summed E-state index contributed by atoms with van der Waals surface area (Å²) in [6.45, 7) is 7.91. The van der Waals surface area contributed by atoms with E-state index in [1.807, 2.05) is 20.8 Å². The Kier molecular flexibility index (Phi) is 4.50. The summed E-state index contributed by atoms with van der Waals surface area (Å²) in [6.07, 6.45) is 0. The molecule has 3 heteroatoms. The summed E-state index contributed by atoms with van der Waals surface area (Å²) < 4.78 is 0. The zero-order valence-corrected chi connectivity index (χ0v) is 8.77. The molecule has 0 rings (SSSR count). The second kappa shape index (κ2) is 4.88. The molecule has 74 valence electrons. The number of nitrogens with one attached hydrogen (secondary N) is 1. The second-order valence-corrected chi connectivity index (χ2v) is 3.99. The van der Waals surface area contributed by atoms with Gasteiger partial charge in [-0.25, -0.2) is 0 Å². The van der Waals surface area contributed by atoms with Gasteiger partial charge in [-0.15, -0.1) is 5.92 Å². The lowest BCUT2D eigenvalue weighted by Crippen LogP contribution is -2.48. The number of nitrogens with two attached hydrogens (primary N) is 1. The van der Waals surface area contributed by atoms with E-state index < -0.39 is 6.04 Å². The van der Waals surface area contributed by atoms with Crippen molar-refractivity contribution in [2.24, 2.45) is 11.1 Å². The van der Waals surface area contributed by atoms with Crippen molar-refractivity contribution >= 4 is 5.91 Å². The molecule has 1 atom stereocenters. The maximum Gasteiger partial charge on any atom is 0.238 e. The molecule has 0 radical (unpaired) electrons. The van der Waals surface area contributed by atoms with Gasteiger partial charge in [0.05, 0.1) is 12.6 Å². The van der Waals surface area contributed by atoms with Crippen LogP contribution in [0.5, 0.6) is 0 Å². The lowest BCUT2D eigenvalue weighted by Gasteiger charge is -2.25. The predicted octanol–water partition coefficient (Wildman–Crippen LogP) is 0.499. The highest BCUT2D eigenvalue weighted by molar-refractivity contribution is 5.82. The van der Waals surface area contributed by atoms with E-state index in [0.717, 1.165) is 0 Å². The highest BCUT2D eigenvalue weighted by Crippen LogP contribution is 2.16. The molecule has 0 heterocycles. The maximum absolute atomic E-state index is 11.4. The van der Waals surface area contributed by atoms with E-state index in [4.69, 9.17) is 5.73 Å². The molecule has 0 aromatic rings. The van der Waals surface area contributed by atoms with Gasteiger partial charge in [0.15, 0.2) is 0 Å². The van der Waals surface area contributed by atoms with E-state index in [1.165, 1.54) is 0 Å². The van der Waals surface area contributed by atoms with Gasteiger partial charge < -0.3 is 11.1 Å². The molecule has 0 saturated carbocycles. The zero-order chi connectivity index (χ0) is 10.5. The molecule has 0 aromatic heterocycles. The molecule has 1 unspecified atom stereocenters. The Labute approximate surface area is 80.1 Å². The van der Waals surface area contributed by atoms with Gasteiger partial charge >= 0.3 is 0 Å². The molecule has 0 aliphatic carbocycles. The average Bonchev–Trinajstić information content (AvgIpc) is 2.01. The normalized spacial score (nSPS) is 12.7. The lowest BCUT2D eigenvalue weighted by atomic mass is 9.87. The molecule has 0 aromatic carbocycles. The summed E-state index contributed by atoms with van der Waals surface area (Å²) in [5.41, 5.74) is 5.51. The van der Waals surface area contributed by atoms with Crippen LogP contribution in [0.25, 0.3) is 0 Å². The largest absolute Gasteiger partial charge is 0.344 e. The first-order valence-corrected chi connectivity index (χ1v) is 4.32. The van der Waals surface area contributed by atoms with Crippen molar-refractivity contribution in [1.82, 2.24) is 5.32 Å². The Morgan fingerprint density at radius 3 is 2.46 bits per heavy atom. The molecule has 0 saturated heterocycles. The minimum atomic E-state index is -0.480. The van der Waals surface area contributed by atoms with Gasteiger partial charge in [0, 0.05) is 0 Å². The standard InChI is InChI=1S/C10H18N2O/c1-5-6-7-12-9(13)8(11)10(2,3)4/h8H,7,11H2,1-4H3,(H,12,13). The molecular formula is C10H18N2O. The molecule has 1 amide bonds. The fourth-order valence-corrected chi connectivity index (χ4v) is 0.723. The highest BCUT2D eigenvalue weighted by atomic mass is 16.2. The molecule has 3 N–H and O–H groups in total. The van der Waals surface area contributed by atoms with E-state index >= 15 is 0 Å². The Hall–Kier alpha value is -1.01. The van der Waals surface area contributed by atoms with E-state index in [1.54, 1.807) is 6.92 Å². The first-order chi connectivity index (χ1) is 5.89. The summed E-state index contributed by atoms with van der Waals surface area (Å²) >= 11 is 0. The average molecular weight is 182 g/mol. The third-order valence-corrected chi connectivity index (χ3v) is 1.74. The summed E-state index contributed by atoms with van der Waals surface area (Å²) in [5, 5.41) is 2.65. The van der Waals surface area contributed by atoms with Crippen LogP contribution in [-0.4, -0.2) is 18.5 Å². The Balaban J connectivity index is 4.02. The lowest BCUT2D eigenvalue weighted by molar-refractivity contribution is -0.124. The molecular weight excluding hydrogens is 164 g/mol. The molecule has 0 spiro atoms. The van der Waals surface area contributed by atoms with Crippen molar-refractivity contribution in [3.8, 4) is 11.8 Å². The summed E-state index contributed by atoms with van der Waals surface area (Å²) in [4.78, 5) is 11.4. The number of carbonyl (C=O) groups excluding carboxylic acids is 1. The monoisotopic (exact) mass is 182 g/mol. The molecule has 3 nitrogen and oxygen atoms in total. The van der Waals surface area contributed by atoms with Crippen LogP contribution < -0.4 is 11.1 Å². The smallest absolute Gasteiger partial charge is 0.238 e. The quantitative estimate of drug-likeness (QED) is 0.611. The third kappa shape index (κ3) is 4.54. The highest BCUT2D eigenvalue weighted by Gasteiger charge is 2.26. The van der Waals surface area contributed by atoms with E-state index in [2.05, 4.69) is 17.2 Å². The van der Waals surface area contributed by atoms with Crippen LogP contribution in [0.1, 0.15) is 27.7 Å². The summed E-state index contributed by atoms with van der Waals surface area (Å²) in [5.74, 6) is 5.30. The van der Waals surface area contributed by atoms with Crippen LogP contribution in [0, 0.1) is 17.3 Å². The number of carbonyl (C=O) groups is 1. The number of hydrogen-bond acceptors (Lipinski definition) is 2. The Morgan fingerprint density at radius 2 is 2.08 bits per heavy atom. The minimum absolute atomic E-state index is 0.143.